The molecule has 27 heavy (non-hydrogen) atoms. The fourth-order valence-corrected chi connectivity index (χ4v) is 4.23. The molecule has 0 saturated carbocycles. The summed E-state index contributed by atoms with van der Waals surface area (Å²) < 4.78 is 65.1. The molecule has 0 radical (unpaired) electrons. The van der Waals surface area contributed by atoms with Crippen molar-refractivity contribution in [2.75, 3.05) is 31.1 Å². The lowest BCUT2D eigenvalue weighted by Crippen LogP contribution is -2.48. The van der Waals surface area contributed by atoms with Gasteiger partial charge in [0.15, 0.2) is 0 Å². The van der Waals surface area contributed by atoms with E-state index in [2.05, 4.69) is 4.98 Å². The number of nitrogens with zero attached hydrogens (tertiary/aromatic N) is 4. The largest absolute Gasteiger partial charge is 0.433 e. The summed E-state index contributed by atoms with van der Waals surface area (Å²) in [6.45, 7) is 0.811. The number of rotatable bonds is 3. The number of halogens is 3. The van der Waals surface area contributed by atoms with E-state index in [-0.39, 0.29) is 31.1 Å². The van der Waals surface area contributed by atoms with Gasteiger partial charge in [0.2, 0.25) is 10.0 Å². The molecule has 1 fully saturated rings. The van der Waals surface area contributed by atoms with Crippen LogP contribution in [0.2, 0.25) is 0 Å². The Balaban J connectivity index is 1.72. The number of hydrogen-bond acceptors (Lipinski definition) is 5. The van der Waals surface area contributed by atoms with Crippen LogP contribution in [0.3, 0.4) is 0 Å². The monoisotopic (exact) mass is 396 g/mol. The molecule has 1 aromatic heterocycles. The van der Waals surface area contributed by atoms with Crippen LogP contribution in [0.5, 0.6) is 0 Å². The predicted octanol–water partition coefficient (Wildman–Crippen LogP) is 2.48. The molecule has 2 heterocycles. The number of aromatic nitrogens is 1. The predicted molar refractivity (Wildman–Crippen MR) is 91.4 cm³/mol. The number of piperazine rings is 1. The van der Waals surface area contributed by atoms with E-state index in [1.807, 2.05) is 6.07 Å². The van der Waals surface area contributed by atoms with Gasteiger partial charge in [-0.1, -0.05) is 0 Å². The molecular weight excluding hydrogens is 381 g/mol. The smallest absolute Gasteiger partial charge is 0.369 e. The van der Waals surface area contributed by atoms with Crippen LogP contribution in [0.1, 0.15) is 11.3 Å². The first kappa shape index (κ1) is 19.1. The van der Waals surface area contributed by atoms with Gasteiger partial charge in [0.1, 0.15) is 5.69 Å². The number of alkyl halides is 3. The lowest BCUT2D eigenvalue weighted by molar-refractivity contribution is -0.141. The number of anilines is 1. The Morgan fingerprint density at radius 3 is 2.22 bits per heavy atom. The minimum atomic E-state index is -4.53. The van der Waals surface area contributed by atoms with Gasteiger partial charge in [0.05, 0.1) is 16.5 Å². The van der Waals surface area contributed by atoms with Gasteiger partial charge in [-0.15, -0.1) is 0 Å². The van der Waals surface area contributed by atoms with Crippen LogP contribution >= 0.6 is 0 Å². The standard InChI is InChI=1S/C17H15F3N4O2S/c18-17(19,20)16-11-14(5-6-22-16)23-7-9-24(10-8-23)27(25,26)15-3-1-13(12-21)2-4-15/h1-6,11H,7-10H2. The van der Waals surface area contributed by atoms with Crippen molar-refractivity contribution in [1.29, 1.82) is 5.26 Å². The summed E-state index contributed by atoms with van der Waals surface area (Å²) in [7, 11) is -3.72. The highest BCUT2D eigenvalue weighted by Crippen LogP contribution is 2.30. The molecule has 1 aliphatic heterocycles. The van der Waals surface area contributed by atoms with Crippen molar-refractivity contribution < 1.29 is 21.6 Å². The van der Waals surface area contributed by atoms with Crippen LogP contribution < -0.4 is 4.90 Å². The third-order valence-electron chi connectivity index (χ3n) is 4.26. The van der Waals surface area contributed by atoms with E-state index >= 15 is 0 Å². The van der Waals surface area contributed by atoms with Crippen LogP contribution in [0.25, 0.3) is 0 Å². The van der Waals surface area contributed by atoms with Crippen LogP contribution in [0.15, 0.2) is 47.5 Å². The van der Waals surface area contributed by atoms with Gasteiger partial charge in [-0.3, -0.25) is 4.98 Å². The number of hydrogen-bond donors (Lipinski definition) is 0. The fourth-order valence-electron chi connectivity index (χ4n) is 2.81. The third-order valence-corrected chi connectivity index (χ3v) is 6.17. The van der Waals surface area contributed by atoms with E-state index in [0.717, 1.165) is 12.3 Å². The molecule has 1 aliphatic rings. The Morgan fingerprint density at radius 1 is 1.04 bits per heavy atom. The third kappa shape index (κ3) is 4.04. The van der Waals surface area contributed by atoms with Crippen molar-refractivity contribution in [2.24, 2.45) is 0 Å². The average Bonchev–Trinajstić information content (AvgIpc) is 2.67. The van der Waals surface area contributed by atoms with E-state index in [0.29, 0.717) is 11.3 Å². The Labute approximate surface area is 154 Å². The first-order chi connectivity index (χ1) is 12.7. The van der Waals surface area contributed by atoms with Crippen molar-refractivity contribution in [1.82, 2.24) is 9.29 Å². The molecule has 2 aromatic rings. The summed E-state index contributed by atoms with van der Waals surface area (Å²) in [6, 6.07) is 9.97. The molecular formula is C17H15F3N4O2S. The molecule has 1 aromatic carbocycles. The maximum Gasteiger partial charge on any atom is 0.433 e. The molecule has 0 atom stereocenters. The van der Waals surface area contributed by atoms with E-state index < -0.39 is 21.9 Å². The number of sulfonamides is 1. The molecule has 10 heteroatoms. The van der Waals surface area contributed by atoms with E-state index in [1.54, 1.807) is 4.90 Å². The Hall–Kier alpha value is -2.64. The molecule has 0 N–H and O–H groups in total. The molecule has 0 bridgehead atoms. The zero-order chi connectivity index (χ0) is 19.7. The first-order valence-electron chi connectivity index (χ1n) is 8.00. The summed E-state index contributed by atoms with van der Waals surface area (Å²) in [5.74, 6) is 0. The number of nitriles is 1. The van der Waals surface area contributed by atoms with Crippen LogP contribution in [-0.4, -0.2) is 43.9 Å². The maximum absolute atomic E-state index is 12.8. The second-order valence-electron chi connectivity index (χ2n) is 5.92. The van der Waals surface area contributed by atoms with Crippen molar-refractivity contribution in [2.45, 2.75) is 11.1 Å². The van der Waals surface area contributed by atoms with Crippen molar-refractivity contribution in [3.63, 3.8) is 0 Å². The molecule has 0 unspecified atom stereocenters. The van der Waals surface area contributed by atoms with Crippen molar-refractivity contribution >= 4 is 15.7 Å². The minimum absolute atomic E-state index is 0.0817. The lowest BCUT2D eigenvalue weighted by Gasteiger charge is -2.35. The van der Waals surface area contributed by atoms with Crippen LogP contribution in [0, 0.1) is 11.3 Å². The van der Waals surface area contributed by atoms with E-state index in [4.69, 9.17) is 5.26 Å². The van der Waals surface area contributed by atoms with Gasteiger partial charge in [-0.25, -0.2) is 8.42 Å². The molecule has 0 amide bonds. The summed E-state index contributed by atoms with van der Waals surface area (Å²) in [5, 5.41) is 8.80. The molecule has 1 saturated heterocycles. The van der Waals surface area contributed by atoms with Gasteiger partial charge in [0.25, 0.3) is 0 Å². The Bertz CT molecular complexity index is 961. The average molecular weight is 396 g/mol. The van der Waals surface area contributed by atoms with Gasteiger partial charge in [-0.2, -0.15) is 22.7 Å². The van der Waals surface area contributed by atoms with E-state index in [1.165, 1.54) is 34.6 Å². The second-order valence-corrected chi connectivity index (χ2v) is 7.86. The SMILES string of the molecule is N#Cc1ccc(S(=O)(=O)N2CCN(c3ccnc(C(F)(F)F)c3)CC2)cc1. The Morgan fingerprint density at radius 2 is 1.67 bits per heavy atom. The number of benzene rings is 1. The summed E-state index contributed by atoms with van der Waals surface area (Å²) in [5.41, 5.74) is -0.266. The number of pyridine rings is 1. The fraction of sp³-hybridized carbons (Fsp3) is 0.294. The first-order valence-corrected chi connectivity index (χ1v) is 9.44. The quantitative estimate of drug-likeness (QED) is 0.797. The molecule has 3 rings (SSSR count). The summed E-state index contributed by atoms with van der Waals surface area (Å²) in [4.78, 5) is 5.11. The van der Waals surface area contributed by atoms with Crippen molar-refractivity contribution in [3.8, 4) is 6.07 Å². The zero-order valence-corrected chi connectivity index (χ0v) is 14.8. The van der Waals surface area contributed by atoms with Crippen LogP contribution in [0.4, 0.5) is 18.9 Å². The van der Waals surface area contributed by atoms with Gasteiger partial charge >= 0.3 is 6.18 Å². The highest BCUT2D eigenvalue weighted by Gasteiger charge is 2.34. The summed E-state index contributed by atoms with van der Waals surface area (Å²) >= 11 is 0. The topological polar surface area (TPSA) is 77.3 Å². The van der Waals surface area contributed by atoms with Gasteiger partial charge < -0.3 is 4.90 Å². The zero-order valence-electron chi connectivity index (χ0n) is 14.0. The molecule has 142 valence electrons. The maximum atomic E-state index is 12.8. The molecule has 6 nitrogen and oxygen atoms in total. The Kier molecular flexibility index (Phi) is 5.08. The van der Waals surface area contributed by atoms with Crippen LogP contribution in [-0.2, 0) is 16.2 Å². The minimum Gasteiger partial charge on any atom is -0.369 e. The van der Waals surface area contributed by atoms with Gasteiger partial charge in [0, 0.05) is 38.1 Å². The van der Waals surface area contributed by atoms with Gasteiger partial charge in [-0.05, 0) is 36.4 Å². The lowest BCUT2D eigenvalue weighted by atomic mass is 10.2. The molecule has 0 spiro atoms. The van der Waals surface area contributed by atoms with Crippen molar-refractivity contribution in [3.05, 3.63) is 53.9 Å². The normalized spacial score (nSPS) is 16.1. The highest BCUT2D eigenvalue weighted by atomic mass is 32.2. The second kappa shape index (κ2) is 7.17. The van der Waals surface area contributed by atoms with E-state index in [9.17, 15) is 21.6 Å². The molecule has 0 aliphatic carbocycles. The highest BCUT2D eigenvalue weighted by molar-refractivity contribution is 7.89. The summed E-state index contributed by atoms with van der Waals surface area (Å²) in [6.07, 6.45) is -3.44.